The molecule has 5 nitrogen and oxygen atoms in total. The summed E-state index contributed by atoms with van der Waals surface area (Å²) in [4.78, 5) is 22.7. The quantitative estimate of drug-likeness (QED) is 0.343. The van der Waals surface area contributed by atoms with Gasteiger partial charge in [-0.3, -0.25) is 9.69 Å². The maximum absolute atomic E-state index is 13.3. The topological polar surface area (TPSA) is 45.7 Å². The first-order valence-electron chi connectivity index (χ1n) is 8.91. The second kappa shape index (κ2) is 10.9. The van der Waals surface area contributed by atoms with E-state index in [4.69, 9.17) is 21.3 Å². The molecule has 2 heterocycles. The van der Waals surface area contributed by atoms with Crippen LogP contribution in [-0.2, 0) is 0 Å². The van der Waals surface area contributed by atoms with E-state index in [1.165, 1.54) is 22.7 Å². The number of carbonyl (C=O) groups is 1. The summed E-state index contributed by atoms with van der Waals surface area (Å²) in [6.45, 7) is 7.43. The van der Waals surface area contributed by atoms with Crippen molar-refractivity contribution >= 4 is 83.9 Å². The molecular weight excluding hydrogens is 517 g/mol. The van der Waals surface area contributed by atoms with Crippen LogP contribution in [0.3, 0.4) is 0 Å². The van der Waals surface area contributed by atoms with Gasteiger partial charge in [0.1, 0.15) is 11.3 Å². The molecule has 0 radical (unpaired) electrons. The molecule has 1 aromatic carbocycles. The summed E-state index contributed by atoms with van der Waals surface area (Å²) in [6.07, 6.45) is 0. The molecule has 0 unspecified atom stereocenters. The number of anilines is 1. The van der Waals surface area contributed by atoms with Crippen LogP contribution in [0, 0.1) is 0 Å². The van der Waals surface area contributed by atoms with Crippen LogP contribution in [0.5, 0.6) is 5.75 Å². The maximum atomic E-state index is 13.3. The Hall–Kier alpha value is -0.900. The molecule has 0 N–H and O–H groups in total. The van der Waals surface area contributed by atoms with Crippen LogP contribution < -0.4 is 9.64 Å². The molecule has 10 heteroatoms. The molecule has 3 rings (SSSR count). The maximum Gasteiger partial charge on any atom is 0.270 e. The van der Waals surface area contributed by atoms with Crippen molar-refractivity contribution < 1.29 is 9.53 Å². The fourth-order valence-electron chi connectivity index (χ4n) is 2.85. The molecule has 0 atom stereocenters. The van der Waals surface area contributed by atoms with Crippen molar-refractivity contribution in [3.05, 3.63) is 38.0 Å². The Labute approximate surface area is 198 Å². The third kappa shape index (κ3) is 5.42. The third-order valence-corrected chi connectivity index (χ3v) is 7.61. The number of nitrogens with zero attached hydrogens (tertiary/aromatic N) is 3. The number of thiazole rings is 1. The van der Waals surface area contributed by atoms with Crippen LogP contribution in [-0.4, -0.2) is 49.1 Å². The van der Waals surface area contributed by atoms with Crippen molar-refractivity contribution in [1.82, 2.24) is 9.88 Å². The minimum absolute atomic E-state index is 0. The number of likely N-dealkylation sites (N-methyl/N-ethyl adjacent to an activating group) is 1. The van der Waals surface area contributed by atoms with Gasteiger partial charge in [0.25, 0.3) is 5.91 Å². The van der Waals surface area contributed by atoms with E-state index < -0.39 is 0 Å². The van der Waals surface area contributed by atoms with Gasteiger partial charge < -0.3 is 9.64 Å². The van der Waals surface area contributed by atoms with E-state index in [-0.39, 0.29) is 18.3 Å². The highest BCUT2D eigenvalue weighted by molar-refractivity contribution is 9.11. The van der Waals surface area contributed by atoms with Crippen molar-refractivity contribution in [3.63, 3.8) is 0 Å². The largest absolute Gasteiger partial charge is 0.494 e. The molecule has 0 fully saturated rings. The first-order chi connectivity index (χ1) is 13.5. The van der Waals surface area contributed by atoms with Crippen molar-refractivity contribution in [3.8, 4) is 5.75 Å². The van der Waals surface area contributed by atoms with E-state index in [9.17, 15) is 4.79 Å². The second-order valence-electron chi connectivity index (χ2n) is 6.01. The predicted molar refractivity (Wildman–Crippen MR) is 130 cm³/mol. The Bertz CT molecular complexity index is 976. The van der Waals surface area contributed by atoms with Crippen LogP contribution in [0.2, 0.25) is 5.02 Å². The molecule has 158 valence electrons. The van der Waals surface area contributed by atoms with Gasteiger partial charge in [0.15, 0.2) is 5.13 Å². The van der Waals surface area contributed by atoms with E-state index in [2.05, 4.69) is 34.7 Å². The number of thiophene rings is 1. The first kappa shape index (κ1) is 24.4. The zero-order valence-corrected chi connectivity index (χ0v) is 21.1. The van der Waals surface area contributed by atoms with Gasteiger partial charge >= 0.3 is 0 Å². The molecule has 2 aromatic heterocycles. The number of methoxy groups -OCH3 is 1. The molecule has 0 bridgehead atoms. The second-order valence-corrected chi connectivity index (χ2v) is 9.86. The Morgan fingerprint density at radius 3 is 2.48 bits per heavy atom. The lowest BCUT2D eigenvalue weighted by Gasteiger charge is -2.24. The first-order valence-corrected chi connectivity index (χ1v) is 11.7. The van der Waals surface area contributed by atoms with Gasteiger partial charge in [-0.25, -0.2) is 4.98 Å². The molecule has 0 saturated heterocycles. The summed E-state index contributed by atoms with van der Waals surface area (Å²) in [5, 5.41) is 1.23. The number of ether oxygens (including phenoxy) is 1. The van der Waals surface area contributed by atoms with Crippen molar-refractivity contribution in [2.75, 3.05) is 38.2 Å². The van der Waals surface area contributed by atoms with Crippen molar-refractivity contribution in [2.24, 2.45) is 0 Å². The van der Waals surface area contributed by atoms with Gasteiger partial charge in [-0.15, -0.1) is 23.7 Å². The Kier molecular flexibility index (Phi) is 9.18. The van der Waals surface area contributed by atoms with Crippen LogP contribution in [0.1, 0.15) is 23.5 Å². The Balaban J connectivity index is 0.00000300. The van der Waals surface area contributed by atoms with Gasteiger partial charge in [-0.2, -0.15) is 0 Å². The summed E-state index contributed by atoms with van der Waals surface area (Å²) in [5.74, 6) is 0.592. The summed E-state index contributed by atoms with van der Waals surface area (Å²) in [5.41, 5.74) is 0.683. The number of hydrogen-bond donors (Lipinski definition) is 0. The molecule has 0 saturated carbocycles. The zero-order chi connectivity index (χ0) is 20.3. The number of fused-ring (bicyclic) bond motifs is 1. The molecule has 29 heavy (non-hydrogen) atoms. The number of amides is 1. The summed E-state index contributed by atoms with van der Waals surface area (Å²) >= 11 is 12.6. The van der Waals surface area contributed by atoms with E-state index in [0.717, 1.165) is 28.1 Å². The monoisotopic (exact) mass is 537 g/mol. The van der Waals surface area contributed by atoms with Gasteiger partial charge in [0.05, 0.1) is 25.5 Å². The predicted octanol–water partition coefficient (Wildman–Crippen LogP) is 6.19. The Morgan fingerprint density at radius 1 is 1.17 bits per heavy atom. The number of hydrogen-bond acceptors (Lipinski definition) is 6. The number of carbonyl (C=O) groups excluding carboxylic acids is 1. The standard InChI is InChI=1S/C19H21BrClN3O2S2.ClH/c1-4-23(5-2)10-11-24(18(25)14-8-9-15(20)27-14)19-22-16-13(26-3)7-6-12(21)17(16)28-19;/h6-9H,4-5,10-11H2,1-3H3;1H. The van der Waals surface area contributed by atoms with Crippen LogP contribution in [0.15, 0.2) is 28.1 Å². The number of benzene rings is 1. The van der Waals surface area contributed by atoms with E-state index in [1.54, 1.807) is 24.1 Å². The van der Waals surface area contributed by atoms with Gasteiger partial charge in [0.2, 0.25) is 0 Å². The summed E-state index contributed by atoms with van der Waals surface area (Å²) in [7, 11) is 1.61. The van der Waals surface area contributed by atoms with Crippen LogP contribution in [0.4, 0.5) is 5.13 Å². The molecule has 0 aliphatic heterocycles. The highest BCUT2D eigenvalue weighted by Crippen LogP contribution is 2.39. The minimum Gasteiger partial charge on any atom is -0.494 e. The minimum atomic E-state index is -0.0583. The lowest BCUT2D eigenvalue weighted by molar-refractivity contribution is 0.0987. The molecule has 0 aliphatic rings. The molecule has 0 aliphatic carbocycles. The lowest BCUT2D eigenvalue weighted by Crippen LogP contribution is -2.38. The fraction of sp³-hybridized carbons (Fsp3) is 0.368. The smallest absolute Gasteiger partial charge is 0.270 e. The van der Waals surface area contributed by atoms with E-state index in [1.807, 2.05) is 12.1 Å². The van der Waals surface area contributed by atoms with Crippen molar-refractivity contribution in [2.45, 2.75) is 13.8 Å². The highest BCUT2D eigenvalue weighted by atomic mass is 79.9. The number of halogens is 3. The van der Waals surface area contributed by atoms with Gasteiger partial charge in [-0.05, 0) is 53.3 Å². The number of rotatable bonds is 8. The normalized spacial score (nSPS) is 11.0. The lowest BCUT2D eigenvalue weighted by atomic mass is 10.3. The molecule has 0 spiro atoms. The third-order valence-electron chi connectivity index (χ3n) is 4.46. The summed E-state index contributed by atoms with van der Waals surface area (Å²) < 4.78 is 7.17. The van der Waals surface area contributed by atoms with E-state index in [0.29, 0.717) is 32.8 Å². The average molecular weight is 539 g/mol. The average Bonchev–Trinajstić information content (AvgIpc) is 3.32. The molecule has 3 aromatic rings. The highest BCUT2D eigenvalue weighted by Gasteiger charge is 2.24. The fourth-order valence-corrected chi connectivity index (χ4v) is 5.46. The zero-order valence-electron chi connectivity index (χ0n) is 16.3. The van der Waals surface area contributed by atoms with E-state index >= 15 is 0 Å². The molecular formula is C19H22BrCl2N3O2S2. The SMILES string of the molecule is CCN(CC)CCN(C(=O)c1ccc(Br)s1)c1nc2c(OC)ccc(Cl)c2s1.Cl. The number of aromatic nitrogens is 1. The van der Waals surface area contributed by atoms with Gasteiger partial charge in [-0.1, -0.05) is 36.8 Å². The summed E-state index contributed by atoms with van der Waals surface area (Å²) in [6, 6.07) is 7.32. The van der Waals surface area contributed by atoms with Crippen molar-refractivity contribution in [1.29, 1.82) is 0 Å². The Morgan fingerprint density at radius 2 is 1.90 bits per heavy atom. The van der Waals surface area contributed by atoms with Crippen LogP contribution >= 0.6 is 62.6 Å². The molecule has 1 amide bonds. The van der Waals surface area contributed by atoms with Crippen LogP contribution in [0.25, 0.3) is 10.2 Å². The van der Waals surface area contributed by atoms with Gasteiger partial charge in [0, 0.05) is 13.1 Å².